The summed E-state index contributed by atoms with van der Waals surface area (Å²) in [5.41, 5.74) is 3.54. The van der Waals surface area contributed by atoms with Crippen molar-refractivity contribution in [1.82, 2.24) is 10.2 Å². The summed E-state index contributed by atoms with van der Waals surface area (Å²) in [7, 11) is 3.86. The number of imide groups is 1. The van der Waals surface area contributed by atoms with Gasteiger partial charge in [-0.15, -0.1) is 0 Å². The van der Waals surface area contributed by atoms with Crippen LogP contribution < -0.4 is 15.5 Å². The average molecular weight is 457 g/mol. The molecule has 1 heterocycles. The molecule has 0 saturated carbocycles. The molecule has 3 rings (SSSR count). The van der Waals surface area contributed by atoms with Crippen LogP contribution >= 0.6 is 15.9 Å². The highest BCUT2D eigenvalue weighted by atomic mass is 79.9. The Kier molecular flexibility index (Phi) is 6.03. The molecule has 2 N–H and O–H groups in total. The molecule has 1 fully saturated rings. The molecule has 1 saturated heterocycles. The van der Waals surface area contributed by atoms with Crippen LogP contribution in [0.4, 0.5) is 16.2 Å². The molecule has 0 aromatic heterocycles. The Morgan fingerprint density at radius 1 is 1.17 bits per heavy atom. The molecule has 0 radical (unpaired) electrons. The number of halogens is 1. The van der Waals surface area contributed by atoms with Gasteiger partial charge in [-0.3, -0.25) is 9.59 Å². The van der Waals surface area contributed by atoms with Crippen molar-refractivity contribution in [3.05, 3.63) is 63.8 Å². The van der Waals surface area contributed by atoms with E-state index in [4.69, 9.17) is 0 Å². The second-order valence-electron chi connectivity index (χ2n) is 6.90. The third kappa shape index (κ3) is 4.83. The molecule has 1 aliphatic rings. The van der Waals surface area contributed by atoms with E-state index < -0.39 is 17.8 Å². The van der Waals surface area contributed by atoms with E-state index in [-0.39, 0.29) is 12.2 Å². The maximum atomic E-state index is 12.6. The number of nitrogens with zero attached hydrogens (tertiary/aromatic N) is 2. The van der Waals surface area contributed by atoms with Crippen LogP contribution in [0.3, 0.4) is 0 Å². The molecular weight excluding hydrogens is 436 g/mol. The van der Waals surface area contributed by atoms with Crippen molar-refractivity contribution < 1.29 is 14.4 Å². The van der Waals surface area contributed by atoms with Gasteiger partial charge in [0.05, 0.1) is 5.69 Å². The van der Waals surface area contributed by atoms with Crippen LogP contribution in [-0.4, -0.2) is 43.4 Å². The van der Waals surface area contributed by atoms with Gasteiger partial charge in [0.25, 0.3) is 5.91 Å². The highest BCUT2D eigenvalue weighted by Gasteiger charge is 2.34. The molecule has 1 aliphatic heterocycles. The molecule has 150 valence electrons. The minimum atomic E-state index is -0.621. The summed E-state index contributed by atoms with van der Waals surface area (Å²) in [6.45, 7) is 1.58. The van der Waals surface area contributed by atoms with Gasteiger partial charge in [0.1, 0.15) is 12.2 Å². The SMILES string of the molecule is Cc1ccc(NC(=O)CN2C(=O)N/C(=C\c3ccc(N(C)C)c(Br)c3)C2=O)cc1. The van der Waals surface area contributed by atoms with Gasteiger partial charge in [-0.25, -0.2) is 9.69 Å². The van der Waals surface area contributed by atoms with Crippen molar-refractivity contribution in [2.75, 3.05) is 30.9 Å². The van der Waals surface area contributed by atoms with Crippen molar-refractivity contribution >= 4 is 51.2 Å². The number of benzene rings is 2. The number of amides is 4. The Morgan fingerprint density at radius 2 is 1.86 bits per heavy atom. The lowest BCUT2D eigenvalue weighted by molar-refractivity contribution is -0.127. The number of nitrogens with one attached hydrogen (secondary N) is 2. The molecule has 0 bridgehead atoms. The van der Waals surface area contributed by atoms with Gasteiger partial charge in [-0.2, -0.15) is 0 Å². The summed E-state index contributed by atoms with van der Waals surface area (Å²) >= 11 is 3.50. The molecule has 2 aromatic rings. The van der Waals surface area contributed by atoms with E-state index in [1.54, 1.807) is 18.2 Å². The zero-order valence-corrected chi connectivity index (χ0v) is 17.9. The predicted molar refractivity (Wildman–Crippen MR) is 116 cm³/mol. The number of rotatable bonds is 5. The fraction of sp³-hybridized carbons (Fsp3) is 0.190. The molecule has 0 spiro atoms. The topological polar surface area (TPSA) is 81.8 Å². The van der Waals surface area contributed by atoms with E-state index >= 15 is 0 Å². The van der Waals surface area contributed by atoms with Crippen molar-refractivity contribution in [2.45, 2.75) is 6.92 Å². The lowest BCUT2D eigenvalue weighted by atomic mass is 10.1. The highest BCUT2D eigenvalue weighted by Crippen LogP contribution is 2.27. The summed E-state index contributed by atoms with van der Waals surface area (Å²) in [6, 6.07) is 12.2. The van der Waals surface area contributed by atoms with Crippen molar-refractivity contribution in [1.29, 1.82) is 0 Å². The van der Waals surface area contributed by atoms with E-state index in [1.165, 1.54) is 0 Å². The van der Waals surface area contributed by atoms with Crippen LogP contribution in [0.5, 0.6) is 0 Å². The van der Waals surface area contributed by atoms with Gasteiger partial charge >= 0.3 is 6.03 Å². The summed E-state index contributed by atoms with van der Waals surface area (Å²) in [4.78, 5) is 39.9. The largest absolute Gasteiger partial charge is 0.377 e. The molecule has 0 unspecified atom stereocenters. The minimum Gasteiger partial charge on any atom is -0.377 e. The molecule has 8 heteroatoms. The second-order valence-corrected chi connectivity index (χ2v) is 7.75. The zero-order chi connectivity index (χ0) is 21.1. The third-order valence-electron chi connectivity index (χ3n) is 4.36. The Morgan fingerprint density at radius 3 is 2.48 bits per heavy atom. The van der Waals surface area contributed by atoms with Crippen LogP contribution in [0.1, 0.15) is 11.1 Å². The van der Waals surface area contributed by atoms with Crippen LogP contribution in [0, 0.1) is 6.92 Å². The third-order valence-corrected chi connectivity index (χ3v) is 5.00. The van der Waals surface area contributed by atoms with Crippen LogP contribution in [0.2, 0.25) is 0 Å². The summed E-state index contributed by atoms with van der Waals surface area (Å²) in [5, 5.41) is 5.21. The number of hydrogen-bond acceptors (Lipinski definition) is 4. The molecule has 0 atom stereocenters. The first-order chi connectivity index (χ1) is 13.7. The van der Waals surface area contributed by atoms with Crippen LogP contribution in [0.15, 0.2) is 52.6 Å². The highest BCUT2D eigenvalue weighted by molar-refractivity contribution is 9.10. The predicted octanol–water partition coefficient (Wildman–Crippen LogP) is 3.35. The van der Waals surface area contributed by atoms with Crippen LogP contribution in [-0.2, 0) is 9.59 Å². The van der Waals surface area contributed by atoms with Gasteiger partial charge in [-0.1, -0.05) is 23.8 Å². The maximum Gasteiger partial charge on any atom is 0.329 e. The molecular formula is C21H21BrN4O3. The van der Waals surface area contributed by atoms with Gasteiger partial charge in [0.15, 0.2) is 0 Å². The van der Waals surface area contributed by atoms with E-state index in [0.717, 1.165) is 26.2 Å². The zero-order valence-electron chi connectivity index (χ0n) is 16.3. The number of carbonyl (C=O) groups is 3. The van der Waals surface area contributed by atoms with E-state index in [0.29, 0.717) is 5.69 Å². The minimum absolute atomic E-state index is 0.127. The van der Waals surface area contributed by atoms with Crippen LogP contribution in [0.25, 0.3) is 6.08 Å². The fourth-order valence-corrected chi connectivity index (χ4v) is 3.59. The first kappa shape index (κ1) is 20.6. The van der Waals surface area contributed by atoms with Crippen molar-refractivity contribution in [3.63, 3.8) is 0 Å². The molecule has 7 nitrogen and oxygen atoms in total. The van der Waals surface area contributed by atoms with Gasteiger partial charge in [0, 0.05) is 24.3 Å². The molecule has 2 aromatic carbocycles. The normalized spacial score (nSPS) is 14.9. The van der Waals surface area contributed by atoms with Gasteiger partial charge in [0.2, 0.25) is 5.91 Å². The van der Waals surface area contributed by atoms with E-state index in [2.05, 4.69) is 26.6 Å². The monoisotopic (exact) mass is 456 g/mol. The number of carbonyl (C=O) groups excluding carboxylic acids is 3. The number of urea groups is 1. The van der Waals surface area contributed by atoms with E-state index in [9.17, 15) is 14.4 Å². The first-order valence-corrected chi connectivity index (χ1v) is 9.72. The summed E-state index contributed by atoms with van der Waals surface area (Å²) in [5.74, 6) is -0.987. The Bertz CT molecular complexity index is 999. The quantitative estimate of drug-likeness (QED) is 0.533. The van der Waals surface area contributed by atoms with Gasteiger partial charge in [-0.05, 0) is 58.8 Å². The molecule has 4 amide bonds. The molecule has 0 aliphatic carbocycles. The van der Waals surface area contributed by atoms with E-state index in [1.807, 2.05) is 56.3 Å². The Labute approximate surface area is 177 Å². The lowest BCUT2D eigenvalue weighted by Crippen LogP contribution is -2.38. The lowest BCUT2D eigenvalue weighted by Gasteiger charge is -2.14. The first-order valence-electron chi connectivity index (χ1n) is 8.92. The molecule has 29 heavy (non-hydrogen) atoms. The second kappa shape index (κ2) is 8.48. The van der Waals surface area contributed by atoms with Crippen molar-refractivity contribution in [2.24, 2.45) is 0 Å². The van der Waals surface area contributed by atoms with Crippen molar-refractivity contribution in [3.8, 4) is 0 Å². The fourth-order valence-electron chi connectivity index (χ4n) is 2.84. The van der Waals surface area contributed by atoms with Gasteiger partial charge < -0.3 is 15.5 Å². The summed E-state index contributed by atoms with van der Waals surface area (Å²) < 4.78 is 0.864. The standard InChI is InChI=1S/C21H21BrN4O3/c1-13-4-7-15(8-5-13)23-19(27)12-26-20(28)17(24-21(26)29)11-14-6-9-18(25(2)3)16(22)10-14/h4-11H,12H2,1-3H3,(H,23,27)(H,24,29)/b17-11-. The number of hydrogen-bond donors (Lipinski definition) is 2. The smallest absolute Gasteiger partial charge is 0.329 e. The average Bonchev–Trinajstić information content (AvgIpc) is 2.91. The number of aryl methyl sites for hydroxylation is 1. The Hall–Kier alpha value is -3.13. The Balaban J connectivity index is 1.70. The summed E-state index contributed by atoms with van der Waals surface area (Å²) in [6.07, 6.45) is 1.59. The number of anilines is 2. The maximum absolute atomic E-state index is 12.6.